The summed E-state index contributed by atoms with van der Waals surface area (Å²) in [7, 11) is 1.57. The molecule has 1 unspecified atom stereocenters. The van der Waals surface area contributed by atoms with Gasteiger partial charge in [0.2, 0.25) is 0 Å². The van der Waals surface area contributed by atoms with Crippen LogP contribution in [0, 0.1) is 5.92 Å². The van der Waals surface area contributed by atoms with Crippen molar-refractivity contribution < 1.29 is 19.1 Å². The Hall–Kier alpha value is -3.91. The van der Waals surface area contributed by atoms with Crippen molar-refractivity contribution in [3.63, 3.8) is 0 Å². The third-order valence-electron chi connectivity index (χ3n) is 5.84. The number of methoxy groups -OCH3 is 1. The second-order valence-electron chi connectivity index (χ2n) is 8.05. The van der Waals surface area contributed by atoms with Crippen molar-refractivity contribution in [2.24, 2.45) is 5.92 Å². The number of hydrogen-bond donors (Lipinski definition) is 3. The minimum atomic E-state index is -0.577. The summed E-state index contributed by atoms with van der Waals surface area (Å²) < 4.78 is 11.1. The summed E-state index contributed by atoms with van der Waals surface area (Å²) >= 11 is 0. The molecule has 1 fully saturated rings. The molecule has 176 valence electrons. The molecular formula is C26H28N4O4. The number of nitrogens with one attached hydrogen (secondary N) is 3. The number of piperidine rings is 1. The predicted octanol–water partition coefficient (Wildman–Crippen LogP) is 4.63. The molecule has 1 aliphatic rings. The molecule has 8 heteroatoms. The number of ether oxygens (including phenoxy) is 2. The second kappa shape index (κ2) is 11.3. The van der Waals surface area contributed by atoms with Gasteiger partial charge in [0.15, 0.2) is 0 Å². The smallest absolute Gasteiger partial charge is 0.412 e. The van der Waals surface area contributed by atoms with Crippen molar-refractivity contribution in [1.29, 1.82) is 0 Å². The van der Waals surface area contributed by atoms with Gasteiger partial charge in [-0.3, -0.25) is 15.1 Å². The summed E-state index contributed by atoms with van der Waals surface area (Å²) in [4.78, 5) is 29.7. The molecule has 2 heterocycles. The fraction of sp³-hybridized carbons (Fsp3) is 0.269. The van der Waals surface area contributed by atoms with Crippen LogP contribution < -0.4 is 20.7 Å². The summed E-state index contributed by atoms with van der Waals surface area (Å²) in [5, 5.41) is 8.99. The number of hydrogen-bond acceptors (Lipinski definition) is 6. The number of para-hydroxylation sites is 2. The lowest BCUT2D eigenvalue weighted by atomic mass is 9.88. The standard InChI is InChI=1S/C26H28N4O4/c1-33-21-8-6-20(7-9-21)25(31)29-22-4-2-3-5-23(22)30-26(32)34-24(18-10-14-27-15-11-18)19-12-16-28-17-13-19/h2-11,14-15,19,24,28H,12-13,16-17H2,1H3,(H,29,31)(H,30,32). The molecule has 3 N–H and O–H groups in total. The molecule has 3 aromatic rings. The number of amides is 2. The first-order valence-electron chi connectivity index (χ1n) is 11.3. The molecule has 0 radical (unpaired) electrons. The van der Waals surface area contributed by atoms with Gasteiger partial charge < -0.3 is 20.1 Å². The summed E-state index contributed by atoms with van der Waals surface area (Å²) in [5.41, 5.74) is 2.32. The van der Waals surface area contributed by atoms with Gasteiger partial charge in [-0.15, -0.1) is 0 Å². The SMILES string of the molecule is COc1ccc(C(=O)Nc2ccccc2NC(=O)OC(c2ccncc2)C2CCNCC2)cc1. The van der Waals surface area contributed by atoms with E-state index in [1.807, 2.05) is 12.1 Å². The van der Waals surface area contributed by atoms with Crippen LogP contribution in [0.3, 0.4) is 0 Å². The topological polar surface area (TPSA) is 102 Å². The minimum Gasteiger partial charge on any atom is -0.497 e. The maximum absolute atomic E-state index is 12.9. The van der Waals surface area contributed by atoms with Crippen LogP contribution in [0.5, 0.6) is 5.75 Å². The van der Waals surface area contributed by atoms with E-state index in [0.29, 0.717) is 22.7 Å². The highest BCUT2D eigenvalue weighted by Gasteiger charge is 2.28. The number of aromatic nitrogens is 1. The molecule has 4 rings (SSSR count). The number of anilines is 2. The summed E-state index contributed by atoms with van der Waals surface area (Å²) in [6.45, 7) is 1.77. The van der Waals surface area contributed by atoms with Crippen LogP contribution in [-0.2, 0) is 4.74 Å². The van der Waals surface area contributed by atoms with E-state index in [-0.39, 0.29) is 17.9 Å². The normalized spacial score (nSPS) is 14.6. The minimum absolute atomic E-state index is 0.208. The maximum Gasteiger partial charge on any atom is 0.412 e. The average molecular weight is 461 g/mol. The van der Waals surface area contributed by atoms with E-state index >= 15 is 0 Å². The molecule has 1 atom stereocenters. The first kappa shape index (κ1) is 23.3. The Labute approximate surface area is 198 Å². The van der Waals surface area contributed by atoms with E-state index < -0.39 is 6.09 Å². The zero-order valence-corrected chi connectivity index (χ0v) is 19.0. The van der Waals surface area contributed by atoms with Gasteiger partial charge >= 0.3 is 6.09 Å². The molecule has 1 aliphatic heterocycles. The average Bonchev–Trinajstić information content (AvgIpc) is 2.89. The van der Waals surface area contributed by atoms with Gasteiger partial charge in [-0.05, 0) is 80.0 Å². The maximum atomic E-state index is 12.9. The zero-order chi connectivity index (χ0) is 23.8. The van der Waals surface area contributed by atoms with Crippen LogP contribution in [0.2, 0.25) is 0 Å². The van der Waals surface area contributed by atoms with Crippen LogP contribution in [0.1, 0.15) is 34.9 Å². The zero-order valence-electron chi connectivity index (χ0n) is 19.0. The van der Waals surface area contributed by atoms with Gasteiger partial charge in [0.25, 0.3) is 5.91 Å². The molecule has 2 aromatic carbocycles. The van der Waals surface area contributed by atoms with Crippen LogP contribution in [0.15, 0.2) is 73.1 Å². The number of nitrogens with zero attached hydrogens (tertiary/aromatic N) is 1. The van der Waals surface area contributed by atoms with E-state index in [9.17, 15) is 9.59 Å². The summed E-state index contributed by atoms with van der Waals surface area (Å²) in [5.74, 6) is 0.577. The van der Waals surface area contributed by atoms with Gasteiger partial charge in [-0.1, -0.05) is 12.1 Å². The molecule has 8 nitrogen and oxygen atoms in total. The van der Waals surface area contributed by atoms with Gasteiger partial charge in [0.05, 0.1) is 18.5 Å². The molecule has 34 heavy (non-hydrogen) atoms. The van der Waals surface area contributed by atoms with Crippen molar-refractivity contribution >= 4 is 23.4 Å². The van der Waals surface area contributed by atoms with Gasteiger partial charge in [0.1, 0.15) is 11.9 Å². The number of pyridine rings is 1. The lowest BCUT2D eigenvalue weighted by molar-refractivity contribution is 0.0591. The summed E-state index contributed by atoms with van der Waals surface area (Å²) in [6.07, 6.45) is 4.27. The van der Waals surface area contributed by atoms with Crippen molar-refractivity contribution in [1.82, 2.24) is 10.3 Å². The molecule has 1 aromatic heterocycles. The first-order valence-corrected chi connectivity index (χ1v) is 11.3. The van der Waals surface area contributed by atoms with Crippen molar-refractivity contribution in [3.05, 3.63) is 84.2 Å². The highest BCUT2D eigenvalue weighted by Crippen LogP contribution is 2.33. The Morgan fingerprint density at radius 1 is 0.941 bits per heavy atom. The van der Waals surface area contributed by atoms with Crippen LogP contribution in [0.4, 0.5) is 16.2 Å². The highest BCUT2D eigenvalue weighted by molar-refractivity contribution is 6.06. The number of rotatable bonds is 7. The van der Waals surface area contributed by atoms with E-state index in [1.165, 1.54) is 0 Å². The second-order valence-corrected chi connectivity index (χ2v) is 8.05. The monoisotopic (exact) mass is 460 g/mol. The van der Waals surface area contributed by atoms with Gasteiger partial charge in [-0.2, -0.15) is 0 Å². The van der Waals surface area contributed by atoms with Gasteiger partial charge in [0, 0.05) is 23.9 Å². The van der Waals surface area contributed by atoms with Crippen LogP contribution in [0.25, 0.3) is 0 Å². The Morgan fingerprint density at radius 2 is 1.59 bits per heavy atom. The molecule has 0 spiro atoms. The lowest BCUT2D eigenvalue weighted by Gasteiger charge is -2.30. The Balaban J connectivity index is 1.46. The van der Waals surface area contributed by atoms with E-state index in [4.69, 9.17) is 9.47 Å². The Morgan fingerprint density at radius 3 is 2.24 bits per heavy atom. The predicted molar refractivity (Wildman–Crippen MR) is 130 cm³/mol. The van der Waals surface area contributed by atoms with Crippen molar-refractivity contribution in [2.45, 2.75) is 18.9 Å². The molecule has 2 amide bonds. The number of carbonyl (C=O) groups is 2. The Kier molecular flexibility index (Phi) is 7.72. The van der Waals surface area contributed by atoms with E-state index in [1.54, 1.807) is 68.0 Å². The molecule has 1 saturated heterocycles. The number of carbonyl (C=O) groups excluding carboxylic acids is 2. The number of benzene rings is 2. The summed E-state index contributed by atoms with van der Waals surface area (Å²) in [6, 6.07) is 17.6. The Bertz CT molecular complexity index is 1100. The third-order valence-corrected chi connectivity index (χ3v) is 5.84. The van der Waals surface area contributed by atoms with Crippen molar-refractivity contribution in [3.8, 4) is 5.75 Å². The molecule has 0 aliphatic carbocycles. The fourth-order valence-electron chi connectivity index (χ4n) is 4.03. The molecule has 0 saturated carbocycles. The van der Waals surface area contributed by atoms with Gasteiger partial charge in [-0.25, -0.2) is 4.79 Å². The third kappa shape index (κ3) is 5.90. The van der Waals surface area contributed by atoms with Crippen molar-refractivity contribution in [2.75, 3.05) is 30.8 Å². The quantitative estimate of drug-likeness (QED) is 0.475. The largest absolute Gasteiger partial charge is 0.497 e. The lowest BCUT2D eigenvalue weighted by Crippen LogP contribution is -2.33. The van der Waals surface area contributed by atoms with Crippen LogP contribution >= 0.6 is 0 Å². The van der Waals surface area contributed by atoms with E-state index in [0.717, 1.165) is 31.5 Å². The fourth-order valence-corrected chi connectivity index (χ4v) is 4.03. The molecule has 0 bridgehead atoms. The first-order chi connectivity index (χ1) is 16.6. The van der Waals surface area contributed by atoms with Crippen LogP contribution in [-0.4, -0.2) is 37.2 Å². The highest BCUT2D eigenvalue weighted by atomic mass is 16.6. The van der Waals surface area contributed by atoms with E-state index in [2.05, 4.69) is 20.9 Å². The molecular weight excluding hydrogens is 432 g/mol.